The smallest absolute Gasteiger partial charge is 0.301 e. The van der Waals surface area contributed by atoms with Crippen molar-refractivity contribution in [2.75, 3.05) is 18.1 Å². The molecule has 1 aromatic heterocycles. The van der Waals surface area contributed by atoms with Gasteiger partial charge in [-0.15, -0.1) is 10.2 Å². The molecule has 3 aromatic carbocycles. The molecule has 43 heavy (non-hydrogen) atoms. The van der Waals surface area contributed by atoms with Crippen LogP contribution in [0.3, 0.4) is 0 Å². The SMILES string of the molecule is CCCCOc1ccc(/C(O)=C2\C(=O)C(=O)N(c3nnc(SCc4ccccc4Cl)s3)C2c2ccc(OCC)cc2)cc1. The first-order valence-corrected chi connectivity index (χ1v) is 16.1. The lowest BCUT2D eigenvalue weighted by Crippen LogP contribution is -2.29. The maximum atomic E-state index is 13.5. The highest BCUT2D eigenvalue weighted by molar-refractivity contribution is 8.00. The number of aromatic nitrogens is 2. The zero-order valence-electron chi connectivity index (χ0n) is 23.7. The van der Waals surface area contributed by atoms with Crippen LogP contribution < -0.4 is 14.4 Å². The number of carbonyl (C=O) groups excluding carboxylic acids is 2. The maximum Gasteiger partial charge on any atom is 0.301 e. The zero-order valence-corrected chi connectivity index (χ0v) is 26.0. The first-order valence-electron chi connectivity index (χ1n) is 13.9. The van der Waals surface area contributed by atoms with Gasteiger partial charge >= 0.3 is 5.91 Å². The first kappa shape index (κ1) is 30.6. The van der Waals surface area contributed by atoms with E-state index in [1.165, 1.54) is 28.0 Å². The number of rotatable bonds is 12. The molecular weight excluding hydrogens is 606 g/mol. The first-order chi connectivity index (χ1) is 20.9. The number of aliphatic hydroxyl groups excluding tert-OH is 1. The number of halogens is 1. The maximum absolute atomic E-state index is 13.5. The van der Waals surface area contributed by atoms with Gasteiger partial charge in [-0.2, -0.15) is 0 Å². The molecule has 1 aliphatic rings. The number of unbranched alkanes of at least 4 members (excludes halogenated alkanes) is 1. The molecule has 5 rings (SSSR count). The molecule has 1 aliphatic heterocycles. The number of ether oxygens (including phenoxy) is 2. The van der Waals surface area contributed by atoms with Crippen molar-refractivity contribution in [3.05, 3.63) is 100 Å². The van der Waals surface area contributed by atoms with E-state index >= 15 is 0 Å². The Morgan fingerprint density at radius 1 is 0.977 bits per heavy atom. The van der Waals surface area contributed by atoms with Crippen LogP contribution in [-0.4, -0.2) is 40.2 Å². The molecule has 1 unspecified atom stereocenters. The van der Waals surface area contributed by atoms with E-state index in [0.717, 1.165) is 18.4 Å². The summed E-state index contributed by atoms with van der Waals surface area (Å²) in [6.07, 6.45) is 1.94. The van der Waals surface area contributed by atoms with Crippen molar-refractivity contribution in [1.82, 2.24) is 10.2 Å². The average molecular weight is 636 g/mol. The number of amides is 1. The van der Waals surface area contributed by atoms with Gasteiger partial charge in [-0.05, 0) is 66.9 Å². The fourth-order valence-electron chi connectivity index (χ4n) is 4.57. The Morgan fingerprint density at radius 3 is 2.37 bits per heavy atom. The van der Waals surface area contributed by atoms with Crippen LogP contribution in [0.1, 0.15) is 49.4 Å². The molecule has 0 saturated carbocycles. The molecule has 1 fully saturated rings. The van der Waals surface area contributed by atoms with Crippen LogP contribution in [0, 0.1) is 0 Å². The van der Waals surface area contributed by atoms with Crippen LogP contribution in [0.25, 0.3) is 5.76 Å². The van der Waals surface area contributed by atoms with Gasteiger partial charge in [0, 0.05) is 16.3 Å². The van der Waals surface area contributed by atoms with Gasteiger partial charge in [0.15, 0.2) is 4.34 Å². The highest BCUT2D eigenvalue weighted by Gasteiger charge is 2.48. The number of Topliss-reactive ketones (excluding diaryl/α,β-unsaturated/α-hetero) is 1. The number of benzene rings is 3. The summed E-state index contributed by atoms with van der Waals surface area (Å²) in [4.78, 5) is 28.4. The fourth-order valence-corrected chi connectivity index (χ4v) is 6.72. The number of hydrogen-bond acceptors (Lipinski definition) is 9. The molecule has 8 nitrogen and oxygen atoms in total. The standard InChI is InChI=1S/C32H30ClN3O5S2/c1-3-5-18-41-24-16-12-21(13-17-24)28(37)26-27(20-10-14-23(15-11-20)40-4-2)36(30(39)29(26)38)31-34-35-32(43-31)42-19-22-8-6-7-9-25(22)33/h6-17,27,37H,3-5,18-19H2,1-2H3/b28-26+. The molecule has 2 heterocycles. The van der Waals surface area contributed by atoms with Crippen molar-refractivity contribution in [2.45, 2.75) is 42.8 Å². The molecule has 0 bridgehead atoms. The molecule has 1 atom stereocenters. The molecular formula is C32H30ClN3O5S2. The summed E-state index contributed by atoms with van der Waals surface area (Å²) >= 11 is 8.93. The van der Waals surface area contributed by atoms with Gasteiger partial charge in [0.2, 0.25) is 5.13 Å². The number of anilines is 1. The van der Waals surface area contributed by atoms with Gasteiger partial charge < -0.3 is 14.6 Å². The molecule has 0 radical (unpaired) electrons. The molecule has 1 amide bonds. The predicted molar refractivity (Wildman–Crippen MR) is 170 cm³/mol. The minimum absolute atomic E-state index is 0.0331. The topological polar surface area (TPSA) is 102 Å². The molecule has 1 saturated heterocycles. The van der Waals surface area contributed by atoms with E-state index in [1.54, 1.807) is 48.5 Å². The number of hydrogen-bond donors (Lipinski definition) is 1. The number of ketones is 1. The largest absolute Gasteiger partial charge is 0.507 e. The van der Waals surface area contributed by atoms with Gasteiger partial charge in [0.25, 0.3) is 5.78 Å². The van der Waals surface area contributed by atoms with Gasteiger partial charge in [0.05, 0.1) is 24.8 Å². The molecule has 11 heteroatoms. The highest BCUT2D eigenvalue weighted by Crippen LogP contribution is 2.44. The quantitative estimate of drug-likeness (QED) is 0.0422. The Labute approximate surface area is 263 Å². The lowest BCUT2D eigenvalue weighted by Gasteiger charge is -2.22. The third-order valence-corrected chi connectivity index (χ3v) is 9.23. The summed E-state index contributed by atoms with van der Waals surface area (Å²) in [7, 11) is 0. The molecule has 1 N–H and O–H groups in total. The van der Waals surface area contributed by atoms with Crippen molar-refractivity contribution >= 4 is 57.3 Å². The van der Waals surface area contributed by atoms with E-state index in [2.05, 4.69) is 17.1 Å². The minimum atomic E-state index is -0.925. The second kappa shape index (κ2) is 14.1. The van der Waals surface area contributed by atoms with Crippen molar-refractivity contribution in [3.8, 4) is 11.5 Å². The summed E-state index contributed by atoms with van der Waals surface area (Å²) in [6.45, 7) is 5.06. The molecule has 0 spiro atoms. The summed E-state index contributed by atoms with van der Waals surface area (Å²) in [5, 5.41) is 20.9. The van der Waals surface area contributed by atoms with Crippen LogP contribution in [-0.2, 0) is 15.3 Å². The monoisotopic (exact) mass is 635 g/mol. The third-order valence-electron chi connectivity index (χ3n) is 6.76. The van der Waals surface area contributed by atoms with Crippen LogP contribution in [0.15, 0.2) is 82.7 Å². The lowest BCUT2D eigenvalue weighted by atomic mass is 9.95. The Balaban J connectivity index is 1.50. The summed E-state index contributed by atoms with van der Waals surface area (Å²) < 4.78 is 11.9. The summed E-state index contributed by atoms with van der Waals surface area (Å²) in [5.41, 5.74) is 1.92. The van der Waals surface area contributed by atoms with Crippen molar-refractivity contribution in [1.29, 1.82) is 0 Å². The fraction of sp³-hybridized carbons (Fsp3) is 0.250. The van der Waals surface area contributed by atoms with Crippen LogP contribution in [0.5, 0.6) is 11.5 Å². The average Bonchev–Trinajstić information content (AvgIpc) is 3.59. The van der Waals surface area contributed by atoms with Crippen LogP contribution in [0.2, 0.25) is 5.02 Å². The van der Waals surface area contributed by atoms with Crippen molar-refractivity contribution in [3.63, 3.8) is 0 Å². The summed E-state index contributed by atoms with van der Waals surface area (Å²) in [5.74, 6) is -0.00932. The predicted octanol–water partition coefficient (Wildman–Crippen LogP) is 7.69. The number of thioether (sulfide) groups is 1. The van der Waals surface area contributed by atoms with E-state index in [-0.39, 0.29) is 16.5 Å². The highest BCUT2D eigenvalue weighted by atomic mass is 35.5. The van der Waals surface area contributed by atoms with E-state index in [0.29, 0.717) is 51.0 Å². The Hall–Kier alpha value is -3.86. The minimum Gasteiger partial charge on any atom is -0.507 e. The van der Waals surface area contributed by atoms with E-state index in [4.69, 9.17) is 21.1 Å². The number of carbonyl (C=O) groups is 2. The Bertz CT molecular complexity index is 1620. The van der Waals surface area contributed by atoms with Gasteiger partial charge in [-0.3, -0.25) is 14.5 Å². The van der Waals surface area contributed by atoms with E-state index in [1.807, 2.05) is 31.2 Å². The van der Waals surface area contributed by atoms with Gasteiger partial charge in [0.1, 0.15) is 17.3 Å². The zero-order chi connectivity index (χ0) is 30.3. The van der Waals surface area contributed by atoms with E-state index in [9.17, 15) is 14.7 Å². The van der Waals surface area contributed by atoms with Crippen LogP contribution in [0.4, 0.5) is 5.13 Å². The lowest BCUT2D eigenvalue weighted by molar-refractivity contribution is -0.132. The number of nitrogens with zero attached hydrogens (tertiary/aromatic N) is 3. The normalized spacial score (nSPS) is 16.1. The van der Waals surface area contributed by atoms with Gasteiger partial charge in [-0.1, -0.05) is 78.4 Å². The van der Waals surface area contributed by atoms with Crippen molar-refractivity contribution in [2.24, 2.45) is 0 Å². The van der Waals surface area contributed by atoms with Crippen LogP contribution >= 0.6 is 34.7 Å². The molecule has 222 valence electrons. The van der Waals surface area contributed by atoms with Gasteiger partial charge in [-0.25, -0.2) is 0 Å². The molecule has 4 aromatic rings. The second-order valence-electron chi connectivity index (χ2n) is 9.63. The Morgan fingerprint density at radius 2 is 1.67 bits per heavy atom. The van der Waals surface area contributed by atoms with E-state index < -0.39 is 17.7 Å². The number of aliphatic hydroxyl groups is 1. The van der Waals surface area contributed by atoms with Crippen molar-refractivity contribution < 1.29 is 24.2 Å². The Kier molecular flexibility index (Phi) is 10.0. The third kappa shape index (κ3) is 6.87. The second-order valence-corrected chi connectivity index (χ2v) is 12.2. The molecule has 0 aliphatic carbocycles. The summed E-state index contributed by atoms with van der Waals surface area (Å²) in [6, 6.07) is 20.5.